The van der Waals surface area contributed by atoms with Gasteiger partial charge in [0, 0.05) is 16.1 Å². The van der Waals surface area contributed by atoms with Crippen LogP contribution in [0.15, 0.2) is 34.8 Å². The molecule has 0 aromatic heterocycles. The molecule has 0 heterocycles. The van der Waals surface area contributed by atoms with Crippen LogP contribution in [-0.2, 0) is 4.79 Å². The maximum Gasteiger partial charge on any atom is 0.327 e. The highest BCUT2D eigenvalue weighted by Crippen LogP contribution is 2.33. The van der Waals surface area contributed by atoms with E-state index in [-0.39, 0.29) is 11.7 Å². The molecular weight excluding hydrogens is 312 g/mol. The predicted octanol–water partition coefficient (Wildman–Crippen LogP) is 3.25. The van der Waals surface area contributed by atoms with Gasteiger partial charge in [0.2, 0.25) is 0 Å². The van der Waals surface area contributed by atoms with Crippen molar-refractivity contribution in [2.45, 2.75) is 25.9 Å². The van der Waals surface area contributed by atoms with E-state index < -0.39 is 12.1 Å². The zero-order valence-electron chi connectivity index (χ0n) is 10.6. The van der Waals surface area contributed by atoms with Crippen molar-refractivity contribution in [1.82, 2.24) is 0 Å². The molecule has 0 unspecified atom stereocenters. The van der Waals surface area contributed by atoms with Crippen LogP contribution < -0.4 is 0 Å². The first-order valence-electron chi connectivity index (χ1n) is 5.97. The molecule has 0 aliphatic heterocycles. The summed E-state index contributed by atoms with van der Waals surface area (Å²) in [4.78, 5) is 10.3. The van der Waals surface area contributed by atoms with Gasteiger partial charge in [0.1, 0.15) is 5.75 Å². The molecule has 19 heavy (non-hydrogen) atoms. The fraction of sp³-hybridized carbons (Fsp3) is 0.357. The van der Waals surface area contributed by atoms with Gasteiger partial charge in [0.25, 0.3) is 0 Å². The normalized spacial score (nSPS) is 14.5. The SMILES string of the molecule is C[C@H](CC/C=C/C(=O)O)[C@@H](O)c1cc(Br)ccc1O. The third-order valence-electron chi connectivity index (χ3n) is 2.90. The number of aromatic hydroxyl groups is 1. The van der Waals surface area contributed by atoms with Gasteiger partial charge < -0.3 is 15.3 Å². The number of carboxylic acid groups (broad SMARTS) is 1. The van der Waals surface area contributed by atoms with E-state index in [0.29, 0.717) is 18.4 Å². The van der Waals surface area contributed by atoms with Crippen LogP contribution in [0.25, 0.3) is 0 Å². The second-order valence-electron chi connectivity index (χ2n) is 4.44. The summed E-state index contributed by atoms with van der Waals surface area (Å²) >= 11 is 3.29. The molecule has 0 saturated carbocycles. The molecule has 0 radical (unpaired) electrons. The van der Waals surface area contributed by atoms with E-state index in [1.165, 1.54) is 6.07 Å². The van der Waals surface area contributed by atoms with Crippen LogP contribution in [0.2, 0.25) is 0 Å². The van der Waals surface area contributed by atoms with Crippen LogP contribution in [0.5, 0.6) is 5.75 Å². The Morgan fingerprint density at radius 1 is 1.47 bits per heavy atom. The third kappa shape index (κ3) is 5.04. The summed E-state index contributed by atoms with van der Waals surface area (Å²) < 4.78 is 0.789. The molecule has 0 amide bonds. The predicted molar refractivity (Wildman–Crippen MR) is 75.9 cm³/mol. The Bertz CT molecular complexity index is 471. The Balaban J connectivity index is 2.63. The largest absolute Gasteiger partial charge is 0.508 e. The molecule has 0 bridgehead atoms. The average Bonchev–Trinajstić information content (AvgIpc) is 2.36. The molecule has 5 heteroatoms. The van der Waals surface area contributed by atoms with Crippen LogP contribution >= 0.6 is 15.9 Å². The Hall–Kier alpha value is -1.33. The van der Waals surface area contributed by atoms with E-state index in [0.717, 1.165) is 10.5 Å². The molecule has 104 valence electrons. The van der Waals surface area contributed by atoms with Gasteiger partial charge in [-0.05, 0) is 37.0 Å². The highest BCUT2D eigenvalue weighted by Gasteiger charge is 2.19. The molecule has 0 spiro atoms. The summed E-state index contributed by atoms with van der Waals surface area (Å²) in [5, 5.41) is 28.4. The van der Waals surface area contributed by atoms with Crippen molar-refractivity contribution in [3.63, 3.8) is 0 Å². The minimum atomic E-state index is -0.974. The van der Waals surface area contributed by atoms with Crippen molar-refractivity contribution in [3.05, 3.63) is 40.4 Å². The number of halogens is 1. The first-order chi connectivity index (χ1) is 8.91. The number of allylic oxidation sites excluding steroid dienone is 1. The van der Waals surface area contributed by atoms with E-state index in [4.69, 9.17) is 5.11 Å². The molecule has 2 atom stereocenters. The Labute approximate surface area is 120 Å². The standard InChI is InChI=1S/C14H17BrO4/c1-9(4-2-3-5-13(17)18)14(19)11-8-10(15)6-7-12(11)16/h3,5-9,14,16,19H,2,4H2,1H3,(H,17,18)/b5-3+/t9-,14-/m1/s1. The average molecular weight is 329 g/mol. The fourth-order valence-electron chi connectivity index (χ4n) is 1.77. The van der Waals surface area contributed by atoms with Crippen LogP contribution in [0, 0.1) is 5.92 Å². The number of phenolic OH excluding ortho intramolecular Hbond substituents is 1. The number of aliphatic hydroxyl groups excluding tert-OH is 1. The molecule has 4 nitrogen and oxygen atoms in total. The van der Waals surface area contributed by atoms with Crippen LogP contribution in [0.4, 0.5) is 0 Å². The molecule has 0 saturated heterocycles. The second kappa shape index (κ2) is 7.31. The monoisotopic (exact) mass is 328 g/mol. The van der Waals surface area contributed by atoms with Crippen molar-refractivity contribution in [2.75, 3.05) is 0 Å². The Morgan fingerprint density at radius 2 is 2.16 bits per heavy atom. The first kappa shape index (κ1) is 15.7. The molecule has 0 aliphatic carbocycles. The summed E-state index contributed by atoms with van der Waals surface area (Å²) in [5.41, 5.74) is 0.476. The molecule has 1 aromatic rings. The van der Waals surface area contributed by atoms with E-state index in [1.807, 2.05) is 6.92 Å². The summed E-state index contributed by atoms with van der Waals surface area (Å²) in [6.07, 6.45) is 3.08. The van der Waals surface area contributed by atoms with Crippen LogP contribution in [0.1, 0.15) is 31.4 Å². The number of rotatable bonds is 6. The van der Waals surface area contributed by atoms with Gasteiger partial charge in [-0.1, -0.05) is 28.9 Å². The number of benzene rings is 1. The molecule has 1 rings (SSSR count). The van der Waals surface area contributed by atoms with Gasteiger partial charge >= 0.3 is 5.97 Å². The van der Waals surface area contributed by atoms with E-state index >= 15 is 0 Å². The van der Waals surface area contributed by atoms with Gasteiger partial charge in [-0.25, -0.2) is 4.79 Å². The van der Waals surface area contributed by atoms with Crippen molar-refractivity contribution < 1.29 is 20.1 Å². The van der Waals surface area contributed by atoms with Gasteiger partial charge in [-0.2, -0.15) is 0 Å². The van der Waals surface area contributed by atoms with Gasteiger partial charge in [-0.3, -0.25) is 0 Å². The maximum absolute atomic E-state index is 10.3. The molecule has 1 aromatic carbocycles. The highest BCUT2D eigenvalue weighted by molar-refractivity contribution is 9.10. The maximum atomic E-state index is 10.3. The number of aliphatic carboxylic acids is 1. The molecule has 3 N–H and O–H groups in total. The fourth-order valence-corrected chi connectivity index (χ4v) is 2.15. The minimum Gasteiger partial charge on any atom is -0.508 e. The summed E-state index contributed by atoms with van der Waals surface area (Å²) in [6.45, 7) is 1.86. The Morgan fingerprint density at radius 3 is 2.79 bits per heavy atom. The number of carbonyl (C=O) groups is 1. The van der Waals surface area contributed by atoms with E-state index in [1.54, 1.807) is 18.2 Å². The summed E-state index contributed by atoms with van der Waals surface area (Å²) in [5.74, 6) is -1.000. The van der Waals surface area contributed by atoms with E-state index in [9.17, 15) is 15.0 Å². The lowest BCUT2D eigenvalue weighted by molar-refractivity contribution is -0.131. The Kier molecular flexibility index (Phi) is 6.05. The lowest BCUT2D eigenvalue weighted by Crippen LogP contribution is -2.09. The van der Waals surface area contributed by atoms with Crippen LogP contribution in [-0.4, -0.2) is 21.3 Å². The van der Waals surface area contributed by atoms with Gasteiger partial charge in [0.15, 0.2) is 0 Å². The number of hydrogen-bond acceptors (Lipinski definition) is 3. The van der Waals surface area contributed by atoms with Crippen molar-refractivity contribution in [1.29, 1.82) is 0 Å². The number of phenols is 1. The smallest absolute Gasteiger partial charge is 0.327 e. The third-order valence-corrected chi connectivity index (χ3v) is 3.39. The molecule has 0 aliphatic rings. The van der Waals surface area contributed by atoms with Gasteiger partial charge in [-0.15, -0.1) is 0 Å². The lowest BCUT2D eigenvalue weighted by atomic mass is 9.93. The van der Waals surface area contributed by atoms with E-state index in [2.05, 4.69) is 15.9 Å². The first-order valence-corrected chi connectivity index (χ1v) is 6.77. The topological polar surface area (TPSA) is 77.8 Å². The number of aliphatic hydroxyl groups is 1. The second-order valence-corrected chi connectivity index (χ2v) is 5.36. The number of carboxylic acids is 1. The van der Waals surface area contributed by atoms with Crippen LogP contribution in [0.3, 0.4) is 0 Å². The van der Waals surface area contributed by atoms with Crippen molar-refractivity contribution in [2.24, 2.45) is 5.92 Å². The zero-order valence-corrected chi connectivity index (χ0v) is 12.2. The summed E-state index contributed by atoms with van der Waals surface area (Å²) in [7, 11) is 0. The lowest BCUT2D eigenvalue weighted by Gasteiger charge is -2.19. The minimum absolute atomic E-state index is 0.0589. The zero-order chi connectivity index (χ0) is 14.4. The van der Waals surface area contributed by atoms with Crippen molar-refractivity contribution >= 4 is 21.9 Å². The molecular formula is C14H17BrO4. The highest BCUT2D eigenvalue weighted by atomic mass is 79.9. The van der Waals surface area contributed by atoms with Gasteiger partial charge in [0.05, 0.1) is 6.10 Å². The number of hydrogen-bond donors (Lipinski definition) is 3. The summed E-state index contributed by atoms with van der Waals surface area (Å²) in [6, 6.07) is 4.91. The quantitative estimate of drug-likeness (QED) is 0.700. The molecule has 0 fully saturated rings. The van der Waals surface area contributed by atoms with Crippen molar-refractivity contribution in [3.8, 4) is 5.75 Å².